The number of nitrogens with one attached hydrogen (secondary N) is 2. The van der Waals surface area contributed by atoms with E-state index in [9.17, 15) is 13.0 Å². The molecule has 24 heavy (non-hydrogen) atoms. The molecule has 0 bridgehead atoms. The zero-order valence-electron chi connectivity index (χ0n) is 12.7. The zero-order chi connectivity index (χ0) is 17.3. The second kappa shape index (κ2) is 6.68. The van der Waals surface area contributed by atoms with E-state index in [4.69, 9.17) is 11.6 Å². The van der Waals surface area contributed by atoms with Crippen LogP contribution >= 0.6 is 11.6 Å². The molecule has 5 nitrogen and oxygen atoms in total. The van der Waals surface area contributed by atoms with Crippen LogP contribution in [0.25, 0.3) is 10.9 Å². The Morgan fingerprint density at radius 1 is 1.21 bits per heavy atom. The fourth-order valence-electron chi connectivity index (χ4n) is 2.41. The number of sulfonamides is 1. The summed E-state index contributed by atoms with van der Waals surface area (Å²) in [6.07, 6.45) is 3.22. The number of fused-ring (bicyclic) bond motifs is 1. The van der Waals surface area contributed by atoms with Crippen LogP contribution in [0.3, 0.4) is 0 Å². The minimum Gasteiger partial charge on any atom is -0.616 e. The lowest BCUT2D eigenvalue weighted by atomic mass is 10.2. The Labute approximate surface area is 148 Å². The fourth-order valence-corrected chi connectivity index (χ4v) is 4.35. The van der Waals surface area contributed by atoms with Gasteiger partial charge in [0.2, 0.25) is 0 Å². The van der Waals surface area contributed by atoms with Crippen molar-refractivity contribution in [2.75, 3.05) is 11.0 Å². The van der Waals surface area contributed by atoms with Crippen LogP contribution in [-0.4, -0.2) is 24.2 Å². The van der Waals surface area contributed by atoms with E-state index in [1.165, 1.54) is 12.1 Å². The van der Waals surface area contributed by atoms with E-state index >= 15 is 0 Å². The van der Waals surface area contributed by atoms with E-state index in [0.717, 1.165) is 10.9 Å². The summed E-state index contributed by atoms with van der Waals surface area (Å²) >= 11 is 5.09. The van der Waals surface area contributed by atoms with Crippen LogP contribution in [-0.2, 0) is 27.0 Å². The summed E-state index contributed by atoms with van der Waals surface area (Å²) in [6, 6.07) is 11.6. The molecule has 0 aliphatic heterocycles. The summed E-state index contributed by atoms with van der Waals surface area (Å²) in [5.41, 5.74) is 1.88. The molecule has 0 aliphatic rings. The third kappa shape index (κ3) is 3.54. The Morgan fingerprint density at radius 3 is 2.58 bits per heavy atom. The first kappa shape index (κ1) is 17.2. The number of rotatable bonds is 5. The highest BCUT2D eigenvalue weighted by molar-refractivity contribution is 7.92. The third-order valence-corrected chi connectivity index (χ3v) is 5.95. The van der Waals surface area contributed by atoms with Gasteiger partial charge in [0, 0.05) is 17.1 Å². The van der Waals surface area contributed by atoms with E-state index in [-0.39, 0.29) is 4.90 Å². The SMILES string of the molecule is C[S+]([O-])Cc1ccc(S(=O)(=O)Nc2cccc3c(Cl)c[nH]c23)cc1. The molecule has 0 fully saturated rings. The molecular formula is C16H15ClN2O3S2. The van der Waals surface area contributed by atoms with Crippen molar-refractivity contribution in [2.45, 2.75) is 10.6 Å². The molecule has 0 saturated heterocycles. The highest BCUT2D eigenvalue weighted by atomic mass is 35.5. The van der Waals surface area contributed by atoms with Crippen LogP contribution in [0.4, 0.5) is 5.69 Å². The molecule has 0 aliphatic carbocycles. The molecule has 0 spiro atoms. The Balaban J connectivity index is 1.90. The molecule has 0 saturated carbocycles. The monoisotopic (exact) mass is 382 g/mol. The van der Waals surface area contributed by atoms with Crippen molar-refractivity contribution in [1.29, 1.82) is 0 Å². The fraction of sp³-hybridized carbons (Fsp3) is 0.125. The maximum atomic E-state index is 12.6. The maximum absolute atomic E-state index is 12.6. The number of aromatic nitrogens is 1. The van der Waals surface area contributed by atoms with Gasteiger partial charge < -0.3 is 9.54 Å². The second-order valence-electron chi connectivity index (χ2n) is 5.33. The summed E-state index contributed by atoms with van der Waals surface area (Å²) in [4.78, 5) is 3.11. The van der Waals surface area contributed by atoms with Gasteiger partial charge in [0.25, 0.3) is 10.0 Å². The largest absolute Gasteiger partial charge is 0.616 e. The van der Waals surface area contributed by atoms with E-state index in [0.29, 0.717) is 22.0 Å². The summed E-state index contributed by atoms with van der Waals surface area (Å²) < 4.78 is 38.9. The molecule has 0 amide bonds. The van der Waals surface area contributed by atoms with E-state index in [1.54, 1.807) is 36.7 Å². The van der Waals surface area contributed by atoms with Crippen LogP contribution in [0.5, 0.6) is 0 Å². The van der Waals surface area contributed by atoms with Crippen molar-refractivity contribution >= 4 is 49.4 Å². The number of para-hydroxylation sites is 1. The van der Waals surface area contributed by atoms with Crippen LogP contribution < -0.4 is 4.72 Å². The molecule has 126 valence electrons. The van der Waals surface area contributed by atoms with Crippen LogP contribution in [0.2, 0.25) is 5.02 Å². The van der Waals surface area contributed by atoms with Gasteiger partial charge in [0.15, 0.2) is 0 Å². The average Bonchev–Trinajstić information content (AvgIpc) is 2.90. The zero-order valence-corrected chi connectivity index (χ0v) is 15.1. The maximum Gasteiger partial charge on any atom is 0.261 e. The lowest BCUT2D eigenvalue weighted by Crippen LogP contribution is -2.13. The summed E-state index contributed by atoms with van der Waals surface area (Å²) in [5, 5.41) is 1.28. The van der Waals surface area contributed by atoms with Crippen molar-refractivity contribution in [1.82, 2.24) is 4.98 Å². The molecule has 2 aromatic carbocycles. The Bertz CT molecular complexity index is 967. The van der Waals surface area contributed by atoms with Gasteiger partial charge in [-0.15, -0.1) is 0 Å². The molecule has 1 aromatic heterocycles. The number of hydrogen-bond donors (Lipinski definition) is 2. The van der Waals surface area contributed by atoms with E-state index in [2.05, 4.69) is 9.71 Å². The normalized spacial score (nSPS) is 13.1. The molecular weight excluding hydrogens is 368 g/mol. The van der Waals surface area contributed by atoms with Crippen LogP contribution in [0.15, 0.2) is 53.6 Å². The first-order valence-corrected chi connectivity index (χ1v) is 10.6. The van der Waals surface area contributed by atoms with Gasteiger partial charge in [-0.1, -0.05) is 47.0 Å². The number of H-pyrrole nitrogens is 1. The van der Waals surface area contributed by atoms with Crippen molar-refractivity contribution < 1.29 is 13.0 Å². The molecule has 1 unspecified atom stereocenters. The van der Waals surface area contributed by atoms with Gasteiger partial charge >= 0.3 is 0 Å². The number of aromatic amines is 1. The lowest BCUT2D eigenvalue weighted by Gasteiger charge is -2.10. The Kier molecular flexibility index (Phi) is 4.78. The minimum atomic E-state index is -3.73. The van der Waals surface area contributed by atoms with Crippen molar-refractivity contribution in [3.63, 3.8) is 0 Å². The molecule has 3 rings (SSSR count). The number of anilines is 1. The molecule has 0 radical (unpaired) electrons. The Morgan fingerprint density at radius 2 is 1.92 bits per heavy atom. The summed E-state index contributed by atoms with van der Waals surface area (Å²) in [7, 11) is -3.73. The number of halogens is 1. The number of benzene rings is 2. The summed E-state index contributed by atoms with van der Waals surface area (Å²) in [5.74, 6) is 0.397. The highest BCUT2D eigenvalue weighted by Crippen LogP contribution is 2.29. The van der Waals surface area contributed by atoms with Crippen molar-refractivity contribution in [2.24, 2.45) is 0 Å². The van der Waals surface area contributed by atoms with Crippen molar-refractivity contribution in [3.8, 4) is 0 Å². The first-order chi connectivity index (χ1) is 11.4. The Hall–Kier alpha value is -1.67. The predicted molar refractivity (Wildman–Crippen MR) is 98.3 cm³/mol. The molecule has 1 heterocycles. The molecule has 1 atom stereocenters. The van der Waals surface area contributed by atoms with E-state index < -0.39 is 21.2 Å². The minimum absolute atomic E-state index is 0.141. The van der Waals surface area contributed by atoms with Gasteiger partial charge in [-0.25, -0.2) is 8.42 Å². The standard InChI is InChI=1S/C16H15ClN2O3S2/c1-23(20)10-11-5-7-12(8-6-11)24(21,22)19-15-4-2-3-13-14(17)9-18-16(13)15/h2-9,18-19H,10H2,1H3. The lowest BCUT2D eigenvalue weighted by molar-refractivity contribution is 0.600. The summed E-state index contributed by atoms with van der Waals surface area (Å²) in [6.45, 7) is 0. The smallest absolute Gasteiger partial charge is 0.261 e. The molecule has 2 N–H and O–H groups in total. The van der Waals surface area contributed by atoms with Gasteiger partial charge in [-0.3, -0.25) is 4.72 Å². The third-order valence-electron chi connectivity index (χ3n) is 3.51. The van der Waals surface area contributed by atoms with Crippen molar-refractivity contribution in [3.05, 3.63) is 59.2 Å². The van der Waals surface area contributed by atoms with Crippen LogP contribution in [0.1, 0.15) is 5.56 Å². The van der Waals surface area contributed by atoms with Gasteiger partial charge in [-0.05, 0) is 18.2 Å². The van der Waals surface area contributed by atoms with Crippen LogP contribution in [0, 0.1) is 0 Å². The second-order valence-corrected chi connectivity index (χ2v) is 8.86. The van der Waals surface area contributed by atoms with Gasteiger partial charge in [0.05, 0.1) is 27.4 Å². The highest BCUT2D eigenvalue weighted by Gasteiger charge is 2.17. The number of hydrogen-bond acceptors (Lipinski definition) is 3. The van der Waals surface area contributed by atoms with E-state index in [1.807, 2.05) is 6.07 Å². The predicted octanol–water partition coefficient (Wildman–Crippen LogP) is 3.50. The molecule has 3 aromatic rings. The first-order valence-electron chi connectivity index (χ1n) is 7.04. The topological polar surface area (TPSA) is 85.0 Å². The molecule has 8 heteroatoms. The average molecular weight is 383 g/mol. The van der Waals surface area contributed by atoms with Gasteiger partial charge in [0.1, 0.15) is 5.75 Å². The quantitative estimate of drug-likeness (QED) is 0.662. The van der Waals surface area contributed by atoms with Gasteiger partial charge in [-0.2, -0.15) is 0 Å².